The Labute approximate surface area is 177 Å². The molecular formula is C22H18N6O3. The van der Waals surface area contributed by atoms with Gasteiger partial charge in [-0.2, -0.15) is 4.80 Å². The lowest BCUT2D eigenvalue weighted by Crippen LogP contribution is -2.22. The fourth-order valence-corrected chi connectivity index (χ4v) is 2.93. The number of carboxylic acid groups (broad SMARTS) is 1. The second-order valence-electron chi connectivity index (χ2n) is 6.77. The van der Waals surface area contributed by atoms with E-state index in [0.29, 0.717) is 30.0 Å². The Bertz CT molecular complexity index is 1210. The Kier molecular flexibility index (Phi) is 5.75. The summed E-state index contributed by atoms with van der Waals surface area (Å²) in [5.41, 5.74) is 3.13. The van der Waals surface area contributed by atoms with Crippen molar-refractivity contribution >= 4 is 11.9 Å². The molecule has 2 aromatic heterocycles. The van der Waals surface area contributed by atoms with Crippen LogP contribution in [0.1, 0.15) is 31.8 Å². The number of carboxylic acids is 1. The highest BCUT2D eigenvalue weighted by Crippen LogP contribution is 2.16. The summed E-state index contributed by atoms with van der Waals surface area (Å²) in [6, 6.07) is 17.2. The fraction of sp³-hybridized carbons (Fsp3) is 0.0909. The highest BCUT2D eigenvalue weighted by atomic mass is 16.4. The Hall–Kier alpha value is -4.40. The topological polar surface area (TPSA) is 123 Å². The zero-order valence-electron chi connectivity index (χ0n) is 16.3. The molecule has 0 bridgehead atoms. The van der Waals surface area contributed by atoms with Crippen LogP contribution in [-0.2, 0) is 13.1 Å². The van der Waals surface area contributed by atoms with E-state index in [-0.39, 0.29) is 11.5 Å². The molecule has 0 unspecified atom stereocenters. The summed E-state index contributed by atoms with van der Waals surface area (Å²) in [5, 5.41) is 24.3. The number of nitrogens with zero attached hydrogens (tertiary/aromatic N) is 5. The molecular weight excluding hydrogens is 396 g/mol. The molecule has 154 valence electrons. The summed E-state index contributed by atoms with van der Waals surface area (Å²) >= 11 is 0. The number of carbonyl (C=O) groups is 2. The second-order valence-corrected chi connectivity index (χ2v) is 6.77. The van der Waals surface area contributed by atoms with E-state index in [2.05, 4.69) is 25.7 Å². The molecule has 0 atom stereocenters. The number of hydrogen-bond acceptors (Lipinski definition) is 6. The summed E-state index contributed by atoms with van der Waals surface area (Å²) in [6.07, 6.45) is 3.38. The monoisotopic (exact) mass is 414 g/mol. The second kappa shape index (κ2) is 8.95. The number of rotatable bonds is 7. The zero-order chi connectivity index (χ0) is 21.6. The minimum Gasteiger partial charge on any atom is -0.478 e. The normalized spacial score (nSPS) is 10.6. The van der Waals surface area contributed by atoms with E-state index in [9.17, 15) is 9.59 Å². The largest absolute Gasteiger partial charge is 0.478 e. The van der Waals surface area contributed by atoms with Crippen molar-refractivity contribution in [3.8, 4) is 11.4 Å². The van der Waals surface area contributed by atoms with Crippen LogP contribution in [-0.4, -0.2) is 42.2 Å². The number of benzene rings is 2. The van der Waals surface area contributed by atoms with E-state index in [1.54, 1.807) is 48.8 Å². The molecule has 4 rings (SSSR count). The number of tetrazole rings is 1. The molecule has 2 heterocycles. The van der Waals surface area contributed by atoms with E-state index < -0.39 is 5.97 Å². The van der Waals surface area contributed by atoms with Gasteiger partial charge in [0.15, 0.2) is 0 Å². The number of pyridine rings is 1. The molecule has 0 aliphatic rings. The van der Waals surface area contributed by atoms with E-state index >= 15 is 0 Å². The van der Waals surface area contributed by atoms with E-state index in [1.807, 2.05) is 12.1 Å². The summed E-state index contributed by atoms with van der Waals surface area (Å²) in [7, 11) is 0. The summed E-state index contributed by atoms with van der Waals surface area (Å²) < 4.78 is 0. The first kappa shape index (κ1) is 19.9. The van der Waals surface area contributed by atoms with Gasteiger partial charge in [0.2, 0.25) is 5.82 Å². The highest BCUT2D eigenvalue weighted by molar-refractivity contribution is 5.95. The summed E-state index contributed by atoms with van der Waals surface area (Å²) in [5.74, 6) is -0.794. The molecule has 2 aromatic carbocycles. The molecule has 0 aliphatic heterocycles. The van der Waals surface area contributed by atoms with Crippen molar-refractivity contribution in [1.29, 1.82) is 0 Å². The molecule has 2 N–H and O–H groups in total. The van der Waals surface area contributed by atoms with Crippen LogP contribution in [0.2, 0.25) is 0 Å². The molecule has 0 aliphatic carbocycles. The van der Waals surface area contributed by atoms with E-state index in [4.69, 9.17) is 5.11 Å². The van der Waals surface area contributed by atoms with Gasteiger partial charge in [-0.05, 0) is 46.7 Å². The Morgan fingerprint density at radius 1 is 0.968 bits per heavy atom. The number of carbonyl (C=O) groups excluding carboxylic acids is 1. The van der Waals surface area contributed by atoms with Gasteiger partial charge >= 0.3 is 5.97 Å². The summed E-state index contributed by atoms with van der Waals surface area (Å²) in [4.78, 5) is 28.9. The van der Waals surface area contributed by atoms with E-state index in [1.165, 1.54) is 16.9 Å². The predicted molar refractivity (Wildman–Crippen MR) is 111 cm³/mol. The molecule has 4 aromatic rings. The van der Waals surface area contributed by atoms with Crippen molar-refractivity contribution in [2.75, 3.05) is 0 Å². The van der Waals surface area contributed by atoms with Gasteiger partial charge in [0.1, 0.15) is 0 Å². The molecule has 31 heavy (non-hydrogen) atoms. The van der Waals surface area contributed by atoms with Crippen molar-refractivity contribution in [3.63, 3.8) is 0 Å². The maximum atomic E-state index is 12.5. The maximum Gasteiger partial charge on any atom is 0.335 e. The first-order valence-corrected chi connectivity index (χ1v) is 9.46. The molecule has 0 radical (unpaired) electrons. The smallest absolute Gasteiger partial charge is 0.335 e. The Balaban J connectivity index is 1.43. The van der Waals surface area contributed by atoms with Gasteiger partial charge in [0.25, 0.3) is 5.91 Å². The van der Waals surface area contributed by atoms with Gasteiger partial charge in [-0.1, -0.05) is 30.3 Å². The number of aromatic carboxylic acids is 1. The van der Waals surface area contributed by atoms with Crippen LogP contribution in [0, 0.1) is 0 Å². The molecule has 1 amide bonds. The standard InChI is InChI=1S/C22H18N6O3/c29-21(24-13-16-3-2-10-23-12-16)19-5-1-4-18(11-19)20-25-27-28(26-20)14-15-6-8-17(9-7-15)22(30)31/h1-12H,13-14H2,(H,24,29)(H,30,31). The Morgan fingerprint density at radius 3 is 2.55 bits per heavy atom. The first-order chi connectivity index (χ1) is 15.1. The van der Waals surface area contributed by atoms with Crippen LogP contribution in [0.3, 0.4) is 0 Å². The van der Waals surface area contributed by atoms with Crippen LogP contribution in [0.4, 0.5) is 0 Å². The van der Waals surface area contributed by atoms with Crippen molar-refractivity contribution in [2.45, 2.75) is 13.1 Å². The lowest BCUT2D eigenvalue weighted by atomic mass is 10.1. The van der Waals surface area contributed by atoms with Crippen LogP contribution in [0.15, 0.2) is 73.1 Å². The van der Waals surface area contributed by atoms with Gasteiger partial charge < -0.3 is 10.4 Å². The lowest BCUT2D eigenvalue weighted by Gasteiger charge is -2.06. The van der Waals surface area contributed by atoms with Gasteiger partial charge in [-0.25, -0.2) is 4.79 Å². The minimum absolute atomic E-state index is 0.211. The van der Waals surface area contributed by atoms with Crippen molar-refractivity contribution in [2.24, 2.45) is 0 Å². The van der Waals surface area contributed by atoms with Gasteiger partial charge in [-0.15, -0.1) is 10.2 Å². The van der Waals surface area contributed by atoms with Crippen LogP contribution >= 0.6 is 0 Å². The minimum atomic E-state index is -0.975. The number of hydrogen-bond donors (Lipinski definition) is 2. The molecule has 9 heteroatoms. The highest BCUT2D eigenvalue weighted by Gasteiger charge is 2.11. The SMILES string of the molecule is O=C(O)c1ccc(Cn2nnc(-c3cccc(C(=O)NCc4cccnc4)c3)n2)cc1. The fourth-order valence-electron chi connectivity index (χ4n) is 2.93. The zero-order valence-corrected chi connectivity index (χ0v) is 16.3. The van der Waals surface area contributed by atoms with Crippen molar-refractivity contribution in [1.82, 2.24) is 30.5 Å². The molecule has 0 fully saturated rings. The van der Waals surface area contributed by atoms with Gasteiger partial charge in [0.05, 0.1) is 12.1 Å². The quantitative estimate of drug-likeness (QED) is 0.476. The number of aromatic nitrogens is 5. The van der Waals surface area contributed by atoms with Crippen LogP contribution in [0.5, 0.6) is 0 Å². The van der Waals surface area contributed by atoms with Crippen LogP contribution in [0.25, 0.3) is 11.4 Å². The number of amides is 1. The molecule has 0 spiro atoms. The van der Waals surface area contributed by atoms with E-state index in [0.717, 1.165) is 11.1 Å². The third-order valence-electron chi connectivity index (χ3n) is 4.54. The van der Waals surface area contributed by atoms with Crippen molar-refractivity contribution in [3.05, 3.63) is 95.3 Å². The third-order valence-corrected chi connectivity index (χ3v) is 4.54. The average Bonchev–Trinajstić information content (AvgIpc) is 3.27. The first-order valence-electron chi connectivity index (χ1n) is 9.46. The third kappa shape index (κ3) is 4.96. The van der Waals surface area contributed by atoms with Crippen molar-refractivity contribution < 1.29 is 14.7 Å². The predicted octanol–water partition coefficient (Wildman–Crippen LogP) is 2.41. The number of nitrogens with one attached hydrogen (secondary N) is 1. The van der Waals surface area contributed by atoms with Gasteiger partial charge in [0, 0.05) is 30.1 Å². The molecule has 0 saturated carbocycles. The Morgan fingerprint density at radius 2 is 1.81 bits per heavy atom. The van der Waals surface area contributed by atoms with Crippen LogP contribution < -0.4 is 5.32 Å². The van der Waals surface area contributed by atoms with Gasteiger partial charge in [-0.3, -0.25) is 9.78 Å². The average molecular weight is 414 g/mol. The maximum absolute atomic E-state index is 12.5. The molecule has 0 saturated heterocycles. The lowest BCUT2D eigenvalue weighted by molar-refractivity contribution is 0.0696. The molecule has 9 nitrogen and oxygen atoms in total. The summed E-state index contributed by atoms with van der Waals surface area (Å²) in [6.45, 7) is 0.726.